The van der Waals surface area contributed by atoms with Crippen molar-refractivity contribution in [2.45, 2.75) is 44.4 Å². The van der Waals surface area contributed by atoms with Gasteiger partial charge in [-0.25, -0.2) is 0 Å². The smallest absolute Gasteiger partial charge is 0.216 e. The van der Waals surface area contributed by atoms with Crippen LogP contribution < -0.4 is 10.6 Å². The molecule has 0 saturated carbocycles. The molecule has 1 amide bonds. The highest BCUT2D eigenvalue weighted by atomic mass is 16.1. The van der Waals surface area contributed by atoms with Gasteiger partial charge in [0, 0.05) is 18.9 Å². The Bertz CT molecular complexity index is 870. The number of hydrogen-bond acceptors (Lipinski definition) is 2. The van der Waals surface area contributed by atoms with Crippen LogP contribution >= 0.6 is 0 Å². The van der Waals surface area contributed by atoms with Crippen molar-refractivity contribution in [1.29, 1.82) is 0 Å². The molecule has 3 rings (SSSR count). The minimum absolute atomic E-state index is 0.0395. The van der Waals surface area contributed by atoms with E-state index in [4.69, 9.17) is 0 Å². The van der Waals surface area contributed by atoms with E-state index in [9.17, 15) is 4.79 Å². The first kappa shape index (κ1) is 23.7. The molecule has 0 fully saturated rings. The number of amides is 1. The molecular weight excluding hydrogens is 392 g/mol. The van der Waals surface area contributed by atoms with Crippen LogP contribution in [0.15, 0.2) is 91.0 Å². The van der Waals surface area contributed by atoms with Crippen LogP contribution in [0.2, 0.25) is 0 Å². The second-order valence-electron chi connectivity index (χ2n) is 8.49. The molecule has 3 aromatic carbocycles. The second kappa shape index (κ2) is 12.8. The van der Waals surface area contributed by atoms with E-state index in [1.54, 1.807) is 6.92 Å². The minimum Gasteiger partial charge on any atom is -0.356 e. The standard InChI is InChI=1S/C29H36N2O/c1-25(32)31-23-12-21-29(27-15-7-3-8-16-27,28-17-9-4-10-18-28)20-11-22-30-24-19-26-13-5-2-6-14-26/h2-10,13-18,30H,11-12,19-24H2,1H3,(H,31,32). The van der Waals surface area contributed by atoms with Gasteiger partial charge in [0.25, 0.3) is 0 Å². The molecule has 0 bridgehead atoms. The van der Waals surface area contributed by atoms with Crippen LogP contribution in [-0.2, 0) is 16.6 Å². The molecule has 3 heteroatoms. The van der Waals surface area contributed by atoms with Gasteiger partial charge in [-0.2, -0.15) is 0 Å². The van der Waals surface area contributed by atoms with Crippen molar-refractivity contribution in [3.63, 3.8) is 0 Å². The lowest BCUT2D eigenvalue weighted by atomic mass is 9.68. The van der Waals surface area contributed by atoms with Gasteiger partial charge in [-0.1, -0.05) is 91.0 Å². The van der Waals surface area contributed by atoms with Crippen molar-refractivity contribution in [2.24, 2.45) is 0 Å². The predicted molar refractivity (Wildman–Crippen MR) is 134 cm³/mol. The summed E-state index contributed by atoms with van der Waals surface area (Å²) in [5, 5.41) is 6.60. The molecule has 2 N–H and O–H groups in total. The van der Waals surface area contributed by atoms with Crippen molar-refractivity contribution < 1.29 is 4.79 Å². The van der Waals surface area contributed by atoms with Crippen LogP contribution in [0.4, 0.5) is 0 Å². The minimum atomic E-state index is -0.0535. The summed E-state index contributed by atoms with van der Waals surface area (Å²) in [5.74, 6) is 0.0395. The van der Waals surface area contributed by atoms with Gasteiger partial charge >= 0.3 is 0 Å². The van der Waals surface area contributed by atoms with Crippen molar-refractivity contribution in [2.75, 3.05) is 19.6 Å². The maximum absolute atomic E-state index is 11.4. The number of carbonyl (C=O) groups is 1. The highest BCUT2D eigenvalue weighted by molar-refractivity contribution is 5.72. The molecule has 32 heavy (non-hydrogen) atoms. The molecule has 0 aliphatic rings. The highest BCUT2D eigenvalue weighted by Crippen LogP contribution is 2.40. The number of rotatable bonds is 13. The normalized spacial score (nSPS) is 11.3. The van der Waals surface area contributed by atoms with Crippen LogP contribution in [-0.4, -0.2) is 25.5 Å². The zero-order chi connectivity index (χ0) is 22.5. The van der Waals surface area contributed by atoms with E-state index in [2.05, 4.69) is 102 Å². The molecule has 168 valence electrons. The monoisotopic (exact) mass is 428 g/mol. The van der Waals surface area contributed by atoms with E-state index in [0.717, 1.165) is 45.2 Å². The molecule has 0 aliphatic heterocycles. The van der Waals surface area contributed by atoms with E-state index in [-0.39, 0.29) is 11.3 Å². The largest absolute Gasteiger partial charge is 0.356 e. The summed E-state index contributed by atoms with van der Waals surface area (Å²) in [4.78, 5) is 11.4. The average molecular weight is 429 g/mol. The summed E-state index contributed by atoms with van der Waals surface area (Å²) in [6.07, 6.45) is 5.17. The lowest BCUT2D eigenvalue weighted by Gasteiger charge is -2.36. The SMILES string of the molecule is CC(=O)NCCCC(CCCNCCc1ccccc1)(c1ccccc1)c1ccccc1. The first-order valence-corrected chi connectivity index (χ1v) is 11.8. The molecule has 0 saturated heterocycles. The molecule has 0 atom stereocenters. The summed E-state index contributed by atoms with van der Waals surface area (Å²) in [5.41, 5.74) is 4.04. The number of benzene rings is 3. The topological polar surface area (TPSA) is 41.1 Å². The van der Waals surface area contributed by atoms with Gasteiger partial charge < -0.3 is 10.6 Å². The first-order chi connectivity index (χ1) is 15.7. The number of nitrogens with one attached hydrogen (secondary N) is 2. The van der Waals surface area contributed by atoms with Crippen molar-refractivity contribution >= 4 is 5.91 Å². The average Bonchev–Trinajstić information content (AvgIpc) is 2.84. The quantitative estimate of drug-likeness (QED) is 0.353. The lowest BCUT2D eigenvalue weighted by molar-refractivity contribution is -0.118. The third-order valence-electron chi connectivity index (χ3n) is 6.20. The fraction of sp³-hybridized carbons (Fsp3) is 0.345. The fourth-order valence-corrected chi connectivity index (χ4v) is 4.56. The fourth-order valence-electron chi connectivity index (χ4n) is 4.56. The van der Waals surface area contributed by atoms with Crippen LogP contribution in [0.5, 0.6) is 0 Å². The van der Waals surface area contributed by atoms with Crippen molar-refractivity contribution in [3.05, 3.63) is 108 Å². The van der Waals surface area contributed by atoms with Crippen LogP contribution in [0.25, 0.3) is 0 Å². The molecule has 3 nitrogen and oxygen atoms in total. The molecule has 0 spiro atoms. The molecule has 0 heterocycles. The van der Waals surface area contributed by atoms with Crippen LogP contribution in [0.3, 0.4) is 0 Å². The van der Waals surface area contributed by atoms with Gasteiger partial charge in [0.2, 0.25) is 5.91 Å². The Hall–Kier alpha value is -2.91. The Morgan fingerprint density at radius 3 is 1.72 bits per heavy atom. The summed E-state index contributed by atoms with van der Waals surface area (Å²) < 4.78 is 0. The number of carbonyl (C=O) groups excluding carboxylic acids is 1. The Morgan fingerprint density at radius 2 is 1.19 bits per heavy atom. The molecule has 0 radical (unpaired) electrons. The van der Waals surface area contributed by atoms with Gasteiger partial charge in [0.05, 0.1) is 0 Å². The maximum Gasteiger partial charge on any atom is 0.216 e. The molecule has 0 aromatic heterocycles. The van der Waals surface area contributed by atoms with Crippen LogP contribution in [0.1, 0.15) is 49.3 Å². The molecule has 3 aromatic rings. The van der Waals surface area contributed by atoms with E-state index in [1.807, 2.05) is 0 Å². The molecule has 0 aliphatic carbocycles. The maximum atomic E-state index is 11.4. The molecular formula is C29H36N2O. The van der Waals surface area contributed by atoms with Gasteiger partial charge in [-0.15, -0.1) is 0 Å². The molecule has 0 unspecified atom stereocenters. The summed E-state index contributed by atoms with van der Waals surface area (Å²) in [6.45, 7) is 4.30. The summed E-state index contributed by atoms with van der Waals surface area (Å²) >= 11 is 0. The van der Waals surface area contributed by atoms with Gasteiger partial charge in [0.1, 0.15) is 0 Å². The summed E-state index contributed by atoms with van der Waals surface area (Å²) in [7, 11) is 0. The van der Waals surface area contributed by atoms with E-state index in [0.29, 0.717) is 6.54 Å². The Kier molecular flexibility index (Phi) is 9.52. The summed E-state index contributed by atoms with van der Waals surface area (Å²) in [6, 6.07) is 32.4. The lowest BCUT2D eigenvalue weighted by Crippen LogP contribution is -2.31. The number of hydrogen-bond donors (Lipinski definition) is 2. The zero-order valence-corrected chi connectivity index (χ0v) is 19.2. The van der Waals surface area contributed by atoms with Crippen molar-refractivity contribution in [3.8, 4) is 0 Å². The Balaban J connectivity index is 1.68. The van der Waals surface area contributed by atoms with E-state index >= 15 is 0 Å². The van der Waals surface area contributed by atoms with E-state index in [1.165, 1.54) is 16.7 Å². The van der Waals surface area contributed by atoms with Gasteiger partial charge in [-0.05, 0) is 61.9 Å². The van der Waals surface area contributed by atoms with E-state index < -0.39 is 0 Å². The van der Waals surface area contributed by atoms with Crippen LogP contribution in [0, 0.1) is 0 Å². The zero-order valence-electron chi connectivity index (χ0n) is 19.2. The first-order valence-electron chi connectivity index (χ1n) is 11.8. The third kappa shape index (κ3) is 7.06. The second-order valence-corrected chi connectivity index (χ2v) is 8.49. The van der Waals surface area contributed by atoms with Gasteiger partial charge in [0.15, 0.2) is 0 Å². The Labute approximate surface area is 193 Å². The Morgan fingerprint density at radius 1 is 0.688 bits per heavy atom. The predicted octanol–water partition coefficient (Wildman–Crippen LogP) is 5.50. The van der Waals surface area contributed by atoms with Crippen molar-refractivity contribution in [1.82, 2.24) is 10.6 Å². The highest BCUT2D eigenvalue weighted by Gasteiger charge is 2.33. The van der Waals surface area contributed by atoms with Gasteiger partial charge in [-0.3, -0.25) is 4.79 Å². The third-order valence-corrected chi connectivity index (χ3v) is 6.20.